The van der Waals surface area contributed by atoms with Gasteiger partial charge in [-0.15, -0.1) is 0 Å². The van der Waals surface area contributed by atoms with Gasteiger partial charge in [0.05, 0.1) is 9.79 Å². The number of carboxylic acid groups (broad SMARTS) is 1. The van der Waals surface area contributed by atoms with Crippen molar-refractivity contribution in [3.8, 4) is 0 Å². The van der Waals surface area contributed by atoms with Gasteiger partial charge < -0.3 is 15.6 Å². The fraction of sp³-hybridized carbons (Fsp3) is 0.543. The lowest BCUT2D eigenvalue weighted by Crippen LogP contribution is -2.45. The summed E-state index contributed by atoms with van der Waals surface area (Å²) in [5.74, 6) is -1.06. The van der Waals surface area contributed by atoms with E-state index in [1.165, 1.54) is 45.0 Å². The molecule has 0 aromatic heterocycles. The van der Waals surface area contributed by atoms with Crippen LogP contribution in [0.1, 0.15) is 83.1 Å². The minimum absolute atomic E-state index is 0.0197. The van der Waals surface area contributed by atoms with Gasteiger partial charge in [-0.2, -0.15) is 8.61 Å². The lowest BCUT2D eigenvalue weighted by Gasteiger charge is -2.34. The van der Waals surface area contributed by atoms with Gasteiger partial charge in [0.2, 0.25) is 20.0 Å². The first-order valence-electron chi connectivity index (χ1n) is 17.3. The summed E-state index contributed by atoms with van der Waals surface area (Å²) in [6.07, 6.45) is 1.12. The molecule has 2 aromatic carbocycles. The second-order valence-corrected chi connectivity index (χ2v) is 18.4. The fourth-order valence-corrected chi connectivity index (χ4v) is 10.9. The first-order chi connectivity index (χ1) is 24.0. The maximum Gasteiger partial charge on any atom is 0.434 e. The van der Waals surface area contributed by atoms with Crippen molar-refractivity contribution >= 4 is 43.5 Å². The molecule has 0 radical (unpaired) electrons. The first-order valence-corrected chi connectivity index (χ1v) is 20.2. The Hall–Kier alpha value is -3.86. The predicted octanol–water partition coefficient (Wildman–Crippen LogP) is 4.54. The van der Waals surface area contributed by atoms with E-state index in [9.17, 15) is 36.7 Å². The van der Waals surface area contributed by atoms with Gasteiger partial charge in [-0.1, -0.05) is 70.4 Å². The molecule has 0 spiro atoms. The number of benzene rings is 2. The van der Waals surface area contributed by atoms with Gasteiger partial charge in [0.15, 0.2) is 0 Å². The van der Waals surface area contributed by atoms with Gasteiger partial charge in [0.25, 0.3) is 0 Å². The molecule has 2 unspecified atom stereocenters. The summed E-state index contributed by atoms with van der Waals surface area (Å²) in [6, 6.07) is 7.18. The summed E-state index contributed by atoms with van der Waals surface area (Å²) in [7, 11) is -8.00. The number of carboxylic acids is 1. The van der Waals surface area contributed by atoms with Crippen LogP contribution in [-0.4, -0.2) is 91.5 Å². The Labute approximate surface area is 299 Å². The van der Waals surface area contributed by atoms with Crippen molar-refractivity contribution in [2.45, 2.75) is 76.6 Å². The first kappa shape index (κ1) is 38.4. The van der Waals surface area contributed by atoms with E-state index >= 15 is 0 Å². The van der Waals surface area contributed by atoms with E-state index in [4.69, 9.17) is 4.84 Å². The summed E-state index contributed by atoms with van der Waals surface area (Å²) in [4.78, 5) is 29.7. The summed E-state index contributed by atoms with van der Waals surface area (Å²) in [5, 5.41) is 30.0. The highest BCUT2D eigenvalue weighted by Crippen LogP contribution is 2.35. The average molecular weight is 746 g/mol. The normalized spacial score (nSPS) is 24.1. The van der Waals surface area contributed by atoms with Crippen LogP contribution in [0.3, 0.4) is 0 Å². The van der Waals surface area contributed by atoms with Gasteiger partial charge in [0, 0.05) is 48.4 Å². The molecule has 0 bridgehead atoms. The van der Waals surface area contributed by atoms with Gasteiger partial charge >= 0.3 is 12.1 Å². The van der Waals surface area contributed by atoms with Crippen LogP contribution in [0.5, 0.6) is 0 Å². The van der Waals surface area contributed by atoms with Crippen molar-refractivity contribution in [3.05, 3.63) is 58.7 Å². The van der Waals surface area contributed by atoms with Gasteiger partial charge in [-0.05, 0) is 66.7 Å². The molecular weight excluding hydrogens is 699 g/mol. The third-order valence-corrected chi connectivity index (χ3v) is 13.7. The quantitative estimate of drug-likeness (QED) is 0.160. The number of aliphatic carboxylic acids is 1. The molecule has 2 aromatic rings. The zero-order valence-electron chi connectivity index (χ0n) is 29.7. The van der Waals surface area contributed by atoms with Crippen LogP contribution < -0.4 is 5.32 Å². The van der Waals surface area contributed by atoms with Crippen molar-refractivity contribution in [3.63, 3.8) is 0 Å². The molecule has 2 saturated heterocycles. The zero-order chi connectivity index (χ0) is 37.4. The van der Waals surface area contributed by atoms with Crippen LogP contribution in [-0.2, 0) is 29.7 Å². The van der Waals surface area contributed by atoms with Gasteiger partial charge in [-0.25, -0.2) is 26.4 Å². The van der Waals surface area contributed by atoms with E-state index in [0.717, 1.165) is 12.8 Å². The third-order valence-electron chi connectivity index (χ3n) is 10.0. The molecule has 2 fully saturated rings. The highest BCUT2D eigenvalue weighted by molar-refractivity contribution is 7.89. The lowest BCUT2D eigenvalue weighted by atomic mass is 9.83. The number of hydrogen-bond acceptors (Lipinski definition) is 10. The maximum absolute atomic E-state index is 13.9. The van der Waals surface area contributed by atoms with Crippen molar-refractivity contribution < 1.29 is 41.6 Å². The Balaban J connectivity index is 1.62. The molecule has 3 aliphatic rings. The molecule has 1 amide bonds. The Kier molecular flexibility index (Phi) is 11.3. The predicted molar refractivity (Wildman–Crippen MR) is 190 cm³/mol. The topological polar surface area (TPSA) is 195 Å². The summed E-state index contributed by atoms with van der Waals surface area (Å²) in [5.41, 5.74) is 0.642. The van der Waals surface area contributed by atoms with E-state index in [0.29, 0.717) is 32.6 Å². The van der Waals surface area contributed by atoms with Crippen LogP contribution in [0.15, 0.2) is 56.5 Å². The highest BCUT2D eigenvalue weighted by atomic mass is 32.2. The van der Waals surface area contributed by atoms with E-state index in [-0.39, 0.29) is 67.1 Å². The number of hydrogen-bond donors (Lipinski definition) is 3. The molecule has 2 aliphatic heterocycles. The molecule has 278 valence electrons. The number of carbonyl (C=O) groups excluding carboxylic acids is 1. The molecule has 3 N–H and O–H groups in total. The second kappa shape index (κ2) is 15.0. The van der Waals surface area contributed by atoms with Crippen LogP contribution >= 0.6 is 0 Å². The van der Waals surface area contributed by atoms with Crippen LogP contribution in [0.2, 0.25) is 0 Å². The molecular formula is C35H47N5O9S2. The van der Waals surface area contributed by atoms with Crippen molar-refractivity contribution in [1.29, 1.82) is 0 Å². The number of oxime groups is 2. The number of rotatable bonds is 9. The van der Waals surface area contributed by atoms with Crippen LogP contribution in [0.4, 0.5) is 4.79 Å². The Bertz CT molecular complexity index is 1830. The summed E-state index contributed by atoms with van der Waals surface area (Å²) in [6.45, 7) is 12.8. The molecule has 1 aliphatic carbocycles. The molecule has 2 heterocycles. The smallest absolute Gasteiger partial charge is 0.434 e. The average Bonchev–Trinajstić information content (AvgIpc) is 3.07. The van der Waals surface area contributed by atoms with Crippen LogP contribution in [0, 0.1) is 29.6 Å². The number of nitrogens with zero attached hydrogens (tertiary/aromatic N) is 4. The van der Waals surface area contributed by atoms with Crippen molar-refractivity contribution in [2.24, 2.45) is 39.9 Å². The van der Waals surface area contributed by atoms with Gasteiger partial charge in [-0.3, -0.25) is 4.84 Å². The van der Waals surface area contributed by atoms with Gasteiger partial charge in [0.1, 0.15) is 17.5 Å². The summed E-state index contributed by atoms with van der Waals surface area (Å²) < 4.78 is 58.6. The van der Waals surface area contributed by atoms with Crippen molar-refractivity contribution in [2.75, 3.05) is 26.2 Å². The second-order valence-electron chi connectivity index (χ2n) is 14.6. The number of carbonyl (C=O) groups is 2. The standard InChI is InChI=1S/C35H47N5O9S2/c1-7-24(6)31(34(41)42)36-35(43)49-38-33-27-10-8-25(50(45,46)39-16-20(2)12-21(3)17-39)14-29(27)32(37-44)30-15-26(9-11-28(30)33)51(47,48)40-18-22(4)13-23(5)19-40/h8-11,14-15,20-24,31,44H,7,12-13,16-19H2,1-6H3,(H,36,43)(H,41,42)/t20-,21+,22-,23+,24?,31?. The molecule has 16 heteroatoms. The van der Waals surface area contributed by atoms with Crippen molar-refractivity contribution in [1.82, 2.24) is 13.9 Å². The summed E-state index contributed by atoms with van der Waals surface area (Å²) >= 11 is 0. The minimum Gasteiger partial charge on any atom is -0.480 e. The molecule has 14 nitrogen and oxygen atoms in total. The Morgan fingerprint density at radius 2 is 1.24 bits per heavy atom. The number of fused-ring (bicyclic) bond motifs is 2. The minimum atomic E-state index is -4.00. The fourth-order valence-electron chi connectivity index (χ4n) is 7.49. The number of nitrogens with one attached hydrogen (secondary N) is 1. The Morgan fingerprint density at radius 1 is 0.804 bits per heavy atom. The molecule has 0 saturated carbocycles. The molecule has 5 rings (SSSR count). The highest BCUT2D eigenvalue weighted by Gasteiger charge is 2.37. The molecule has 6 atom stereocenters. The van der Waals surface area contributed by atoms with E-state index < -0.39 is 44.1 Å². The third kappa shape index (κ3) is 7.83. The molecule has 51 heavy (non-hydrogen) atoms. The zero-order valence-corrected chi connectivity index (χ0v) is 31.4. The Morgan fingerprint density at radius 3 is 1.61 bits per heavy atom. The van der Waals surface area contributed by atoms with E-state index in [1.54, 1.807) is 13.8 Å². The number of amides is 1. The monoisotopic (exact) mass is 745 g/mol. The lowest BCUT2D eigenvalue weighted by molar-refractivity contribution is -0.140. The maximum atomic E-state index is 13.9. The van der Waals surface area contributed by atoms with Crippen LogP contribution in [0.25, 0.3) is 0 Å². The largest absolute Gasteiger partial charge is 0.480 e. The van der Waals surface area contributed by atoms with E-state index in [2.05, 4.69) is 15.6 Å². The number of piperidine rings is 2. The number of sulfonamides is 2. The SMILES string of the molecule is CCC(C)C(NC(=O)ON=C1c2ccc(S(=O)(=O)N3C[C@H](C)C[C@H](C)C3)cc2C(=NO)c2cc(S(=O)(=O)N3C[C@H](C)C[C@H](C)C3)ccc21)C(=O)O. The van der Waals surface area contributed by atoms with E-state index in [1.807, 2.05) is 27.7 Å².